The second-order valence-electron chi connectivity index (χ2n) is 18.8. The van der Waals surface area contributed by atoms with E-state index in [1.807, 2.05) is 0 Å². The number of ether oxygens (including phenoxy) is 3. The van der Waals surface area contributed by atoms with Crippen LogP contribution in [0.3, 0.4) is 0 Å². The first-order valence-electron chi connectivity index (χ1n) is 28.6. The van der Waals surface area contributed by atoms with Gasteiger partial charge in [-0.25, -0.2) is 0 Å². The maximum atomic E-state index is 12.9. The molecule has 0 heterocycles. The summed E-state index contributed by atoms with van der Waals surface area (Å²) in [4.78, 5) is 38.1. The van der Waals surface area contributed by atoms with Gasteiger partial charge in [-0.2, -0.15) is 0 Å². The molecule has 0 radical (unpaired) electrons. The zero-order valence-corrected chi connectivity index (χ0v) is 44.6. The molecule has 0 aliphatic carbocycles. The Labute approximate surface area is 420 Å². The Kier molecular flexibility index (Phi) is 53.4. The molecule has 0 saturated carbocycles. The highest BCUT2D eigenvalue weighted by Crippen LogP contribution is 2.15. The third-order valence-corrected chi connectivity index (χ3v) is 12.1. The summed E-state index contributed by atoms with van der Waals surface area (Å²) >= 11 is 0. The lowest BCUT2D eigenvalue weighted by atomic mass is 10.0. The minimum absolute atomic E-state index is 0.0871. The number of unbranched alkanes of at least 4 members (excludes halogenated alkanes) is 26. The van der Waals surface area contributed by atoms with Crippen LogP contribution in [0.5, 0.6) is 0 Å². The third kappa shape index (κ3) is 53.5. The SMILES string of the molecule is CC/C=C\C/C=C\C/C=C\C/C=C\C/C=C\CCCCCC(=O)OC[C@H](COC(=O)CCCCCCCCCCCCCC)OC(=O)CCCCCCCCCCC/C=C\C/C=C\CCCCC. The van der Waals surface area contributed by atoms with Crippen LogP contribution in [-0.2, 0) is 28.6 Å². The Hall–Kier alpha value is -3.41. The van der Waals surface area contributed by atoms with Gasteiger partial charge >= 0.3 is 17.9 Å². The van der Waals surface area contributed by atoms with Crippen molar-refractivity contribution in [3.8, 4) is 0 Å². The van der Waals surface area contributed by atoms with Crippen molar-refractivity contribution < 1.29 is 28.6 Å². The zero-order valence-electron chi connectivity index (χ0n) is 44.6. The smallest absolute Gasteiger partial charge is 0.306 e. The number of allylic oxidation sites excluding steroid dienone is 14. The molecule has 0 fully saturated rings. The van der Waals surface area contributed by atoms with E-state index in [1.165, 1.54) is 128 Å². The van der Waals surface area contributed by atoms with Crippen molar-refractivity contribution >= 4 is 17.9 Å². The van der Waals surface area contributed by atoms with Crippen LogP contribution >= 0.6 is 0 Å². The van der Waals surface area contributed by atoms with E-state index in [0.29, 0.717) is 19.3 Å². The average Bonchev–Trinajstić information content (AvgIpc) is 3.34. The molecule has 6 nitrogen and oxygen atoms in total. The van der Waals surface area contributed by atoms with Crippen LogP contribution < -0.4 is 0 Å². The molecule has 1 atom stereocenters. The van der Waals surface area contributed by atoms with Crippen molar-refractivity contribution in [1.82, 2.24) is 0 Å². The largest absolute Gasteiger partial charge is 0.462 e. The number of carbonyl (C=O) groups excluding carboxylic acids is 3. The molecule has 390 valence electrons. The maximum absolute atomic E-state index is 12.9. The summed E-state index contributed by atoms with van der Waals surface area (Å²) in [6, 6.07) is 0. The topological polar surface area (TPSA) is 78.9 Å². The van der Waals surface area contributed by atoms with E-state index in [2.05, 4.69) is 106 Å². The van der Waals surface area contributed by atoms with Gasteiger partial charge in [0.15, 0.2) is 6.10 Å². The summed E-state index contributed by atoms with van der Waals surface area (Å²) in [5, 5.41) is 0. The van der Waals surface area contributed by atoms with Gasteiger partial charge in [0.25, 0.3) is 0 Å². The van der Waals surface area contributed by atoms with Gasteiger partial charge in [-0.15, -0.1) is 0 Å². The van der Waals surface area contributed by atoms with Gasteiger partial charge in [-0.05, 0) is 96.3 Å². The van der Waals surface area contributed by atoms with Crippen molar-refractivity contribution in [2.24, 2.45) is 0 Å². The van der Waals surface area contributed by atoms with Crippen molar-refractivity contribution in [3.05, 3.63) is 85.1 Å². The Morgan fingerprint density at radius 3 is 0.941 bits per heavy atom. The Morgan fingerprint density at radius 1 is 0.309 bits per heavy atom. The summed E-state index contributed by atoms with van der Waals surface area (Å²) in [5.41, 5.74) is 0. The fourth-order valence-corrected chi connectivity index (χ4v) is 7.85. The Morgan fingerprint density at radius 2 is 0.574 bits per heavy atom. The van der Waals surface area contributed by atoms with Gasteiger partial charge in [0.2, 0.25) is 0 Å². The molecule has 0 aromatic rings. The predicted octanol–water partition coefficient (Wildman–Crippen LogP) is 19.2. The lowest BCUT2D eigenvalue weighted by molar-refractivity contribution is -0.167. The molecule has 0 N–H and O–H groups in total. The van der Waals surface area contributed by atoms with Crippen molar-refractivity contribution in [3.63, 3.8) is 0 Å². The zero-order chi connectivity index (χ0) is 49.3. The maximum Gasteiger partial charge on any atom is 0.306 e. The first-order valence-corrected chi connectivity index (χ1v) is 28.6. The van der Waals surface area contributed by atoms with Crippen LogP contribution in [0.25, 0.3) is 0 Å². The van der Waals surface area contributed by atoms with Gasteiger partial charge in [-0.3, -0.25) is 14.4 Å². The molecular formula is C62H106O6. The second kappa shape index (κ2) is 56.2. The highest BCUT2D eigenvalue weighted by atomic mass is 16.6. The first kappa shape index (κ1) is 64.6. The summed E-state index contributed by atoms with van der Waals surface area (Å²) < 4.78 is 16.8. The van der Waals surface area contributed by atoms with Gasteiger partial charge < -0.3 is 14.2 Å². The number of carbonyl (C=O) groups is 3. The van der Waals surface area contributed by atoms with E-state index in [0.717, 1.165) is 103 Å². The highest BCUT2D eigenvalue weighted by molar-refractivity contribution is 5.71. The van der Waals surface area contributed by atoms with Gasteiger partial charge in [-0.1, -0.05) is 241 Å². The summed E-state index contributed by atoms with van der Waals surface area (Å²) in [7, 11) is 0. The second-order valence-corrected chi connectivity index (χ2v) is 18.8. The van der Waals surface area contributed by atoms with Crippen molar-refractivity contribution in [2.75, 3.05) is 13.2 Å². The van der Waals surface area contributed by atoms with Gasteiger partial charge in [0.1, 0.15) is 13.2 Å². The normalized spacial score (nSPS) is 12.7. The molecule has 0 aromatic heterocycles. The van der Waals surface area contributed by atoms with E-state index in [1.54, 1.807) is 0 Å². The van der Waals surface area contributed by atoms with Gasteiger partial charge in [0, 0.05) is 19.3 Å². The van der Waals surface area contributed by atoms with E-state index >= 15 is 0 Å². The summed E-state index contributed by atoms with van der Waals surface area (Å²) in [6.07, 6.45) is 72.8. The fraction of sp³-hybridized carbons (Fsp3) is 0.726. The van der Waals surface area contributed by atoms with E-state index in [9.17, 15) is 14.4 Å². The summed E-state index contributed by atoms with van der Waals surface area (Å²) in [6.45, 7) is 6.48. The molecule has 0 aliphatic rings. The van der Waals surface area contributed by atoms with Crippen molar-refractivity contribution in [1.29, 1.82) is 0 Å². The molecule has 6 heteroatoms. The molecular weight excluding hydrogens is 841 g/mol. The van der Waals surface area contributed by atoms with Crippen molar-refractivity contribution in [2.45, 2.75) is 277 Å². The lowest BCUT2D eigenvalue weighted by Gasteiger charge is -2.18. The minimum Gasteiger partial charge on any atom is -0.462 e. The summed E-state index contributed by atoms with van der Waals surface area (Å²) in [5.74, 6) is -0.919. The van der Waals surface area contributed by atoms with Crippen LogP contribution in [0.4, 0.5) is 0 Å². The number of hydrogen-bond acceptors (Lipinski definition) is 6. The molecule has 68 heavy (non-hydrogen) atoms. The fourth-order valence-electron chi connectivity index (χ4n) is 7.85. The van der Waals surface area contributed by atoms with Crippen LogP contribution in [0.2, 0.25) is 0 Å². The Bertz CT molecular complexity index is 1320. The van der Waals surface area contributed by atoms with Crippen LogP contribution in [-0.4, -0.2) is 37.2 Å². The van der Waals surface area contributed by atoms with Gasteiger partial charge in [0.05, 0.1) is 0 Å². The lowest BCUT2D eigenvalue weighted by Crippen LogP contribution is -2.30. The van der Waals surface area contributed by atoms with E-state index in [4.69, 9.17) is 14.2 Å². The number of hydrogen-bond donors (Lipinski definition) is 0. The first-order chi connectivity index (χ1) is 33.5. The highest BCUT2D eigenvalue weighted by Gasteiger charge is 2.19. The molecule has 0 bridgehead atoms. The van der Waals surface area contributed by atoms with Crippen LogP contribution in [0.15, 0.2) is 85.1 Å². The molecule has 0 aliphatic heterocycles. The molecule has 0 unspecified atom stereocenters. The monoisotopic (exact) mass is 947 g/mol. The number of rotatable bonds is 51. The molecule has 0 saturated heterocycles. The molecule has 0 spiro atoms. The minimum atomic E-state index is -0.791. The van der Waals surface area contributed by atoms with E-state index < -0.39 is 6.10 Å². The Balaban J connectivity index is 4.42. The van der Waals surface area contributed by atoms with Crippen LogP contribution in [0, 0.1) is 0 Å². The standard InChI is InChI=1S/C62H106O6/c1-4-7-10-13-16-19-22-25-27-29-31-33-35-37-40-43-46-49-52-55-61(64)67-58-59(57-66-60(63)54-51-48-45-42-39-24-21-18-15-12-9-6-3)68-62(65)56-53-50-47-44-41-38-36-34-32-30-28-26-23-20-17-14-11-8-5-2/h7,10,16-17,19-20,25-28,31,33,37,40,59H,4-6,8-9,11-15,18,21-24,29-30,32,34-36,38-39,41-58H2,1-3H3/b10-7-,19-16-,20-17-,27-25-,28-26-,33-31-,40-37-/t59-/m0/s1. The molecule has 0 aromatic carbocycles. The molecule has 0 amide bonds. The third-order valence-electron chi connectivity index (χ3n) is 12.1. The predicted molar refractivity (Wildman–Crippen MR) is 293 cm³/mol. The molecule has 0 rings (SSSR count). The van der Waals surface area contributed by atoms with Crippen LogP contribution in [0.1, 0.15) is 271 Å². The quantitative estimate of drug-likeness (QED) is 0.0262. The number of esters is 3. The average molecular weight is 948 g/mol. The van der Waals surface area contributed by atoms with E-state index in [-0.39, 0.29) is 31.1 Å².